The Hall–Kier alpha value is -3.38. The minimum absolute atomic E-state index is 0.188. The highest BCUT2D eigenvalue weighted by atomic mass is 35.5. The Morgan fingerprint density at radius 3 is 2.21 bits per heavy atom. The molecule has 0 unspecified atom stereocenters. The fraction of sp³-hybridized carbons (Fsp3) is 0.269. The number of ether oxygens (including phenoxy) is 3. The van der Waals surface area contributed by atoms with E-state index in [0.29, 0.717) is 48.3 Å². The van der Waals surface area contributed by atoms with E-state index in [1.54, 1.807) is 43.4 Å². The zero-order valence-corrected chi connectivity index (χ0v) is 19.9. The third kappa shape index (κ3) is 7.05. The predicted molar refractivity (Wildman–Crippen MR) is 132 cm³/mol. The normalized spacial score (nSPS) is 10.4. The van der Waals surface area contributed by atoms with Crippen molar-refractivity contribution < 1.29 is 19.0 Å². The third-order valence-corrected chi connectivity index (χ3v) is 5.36. The highest BCUT2D eigenvalue weighted by Crippen LogP contribution is 2.28. The number of nitrogens with zero attached hydrogens (tertiary/aromatic N) is 1. The van der Waals surface area contributed by atoms with E-state index in [1.807, 2.05) is 49.4 Å². The van der Waals surface area contributed by atoms with Crippen molar-refractivity contribution in [2.45, 2.75) is 19.9 Å². The van der Waals surface area contributed by atoms with Gasteiger partial charge in [0, 0.05) is 23.8 Å². The van der Waals surface area contributed by atoms with Gasteiger partial charge in [-0.3, -0.25) is 0 Å². The molecule has 0 saturated heterocycles. The van der Waals surface area contributed by atoms with Gasteiger partial charge in [0.1, 0.15) is 5.75 Å². The fourth-order valence-electron chi connectivity index (χ4n) is 3.37. The molecular weight excluding hydrogens is 440 g/mol. The number of nitrogens with one attached hydrogen (secondary N) is 1. The Morgan fingerprint density at radius 2 is 1.58 bits per heavy atom. The van der Waals surface area contributed by atoms with Crippen LogP contribution in [0.1, 0.15) is 18.1 Å². The number of methoxy groups -OCH3 is 2. The van der Waals surface area contributed by atoms with Crippen LogP contribution in [0, 0.1) is 0 Å². The molecule has 33 heavy (non-hydrogen) atoms. The van der Waals surface area contributed by atoms with Gasteiger partial charge >= 0.3 is 6.03 Å². The monoisotopic (exact) mass is 468 g/mol. The SMILES string of the molecule is CCOc1ccc(CN(CCc2ccc(OC)c(OC)c2)C(=O)Nc2ccc(Cl)cc2)cc1. The summed E-state index contributed by atoms with van der Waals surface area (Å²) in [4.78, 5) is 14.9. The van der Waals surface area contributed by atoms with Gasteiger partial charge in [-0.15, -0.1) is 0 Å². The highest BCUT2D eigenvalue weighted by Gasteiger charge is 2.15. The van der Waals surface area contributed by atoms with Gasteiger partial charge in [-0.25, -0.2) is 4.79 Å². The minimum Gasteiger partial charge on any atom is -0.494 e. The molecule has 0 aliphatic rings. The largest absolute Gasteiger partial charge is 0.494 e. The van der Waals surface area contributed by atoms with E-state index in [0.717, 1.165) is 16.9 Å². The van der Waals surface area contributed by atoms with E-state index in [2.05, 4.69) is 5.32 Å². The van der Waals surface area contributed by atoms with Crippen LogP contribution in [0.5, 0.6) is 17.2 Å². The van der Waals surface area contributed by atoms with Crippen molar-refractivity contribution in [3.8, 4) is 17.2 Å². The second-order valence-electron chi connectivity index (χ2n) is 7.37. The highest BCUT2D eigenvalue weighted by molar-refractivity contribution is 6.30. The first-order valence-electron chi connectivity index (χ1n) is 10.8. The summed E-state index contributed by atoms with van der Waals surface area (Å²) in [5.41, 5.74) is 2.74. The molecule has 0 radical (unpaired) electrons. The molecule has 0 aliphatic heterocycles. The van der Waals surface area contributed by atoms with Gasteiger partial charge in [0.15, 0.2) is 11.5 Å². The fourth-order valence-corrected chi connectivity index (χ4v) is 3.49. The van der Waals surface area contributed by atoms with Crippen LogP contribution in [0.4, 0.5) is 10.5 Å². The molecule has 3 aromatic rings. The molecule has 0 atom stereocenters. The number of rotatable bonds is 10. The molecule has 0 heterocycles. The number of amides is 2. The van der Waals surface area contributed by atoms with E-state index in [9.17, 15) is 4.79 Å². The predicted octanol–water partition coefficient (Wildman–Crippen LogP) is 6.03. The first kappa shape index (κ1) is 24.3. The van der Waals surface area contributed by atoms with Crippen molar-refractivity contribution in [1.29, 1.82) is 0 Å². The van der Waals surface area contributed by atoms with Crippen LogP contribution in [-0.4, -0.2) is 38.3 Å². The van der Waals surface area contributed by atoms with Gasteiger partial charge in [-0.2, -0.15) is 0 Å². The average molecular weight is 469 g/mol. The topological polar surface area (TPSA) is 60.0 Å². The molecule has 2 amide bonds. The van der Waals surface area contributed by atoms with Crippen LogP contribution in [0.3, 0.4) is 0 Å². The molecule has 0 bridgehead atoms. The zero-order chi connectivity index (χ0) is 23.6. The molecule has 0 fully saturated rings. The number of hydrogen-bond donors (Lipinski definition) is 1. The van der Waals surface area contributed by atoms with Crippen LogP contribution < -0.4 is 19.5 Å². The van der Waals surface area contributed by atoms with Crippen molar-refractivity contribution in [2.75, 3.05) is 32.7 Å². The molecule has 6 nitrogen and oxygen atoms in total. The van der Waals surface area contributed by atoms with Crippen LogP contribution in [0.15, 0.2) is 66.7 Å². The smallest absolute Gasteiger partial charge is 0.322 e. The lowest BCUT2D eigenvalue weighted by molar-refractivity contribution is 0.209. The number of urea groups is 1. The number of carbonyl (C=O) groups excluding carboxylic acids is 1. The first-order valence-corrected chi connectivity index (χ1v) is 11.1. The minimum atomic E-state index is -0.188. The molecule has 3 aromatic carbocycles. The molecule has 174 valence electrons. The van der Waals surface area contributed by atoms with Gasteiger partial charge in [-0.05, 0) is 73.0 Å². The standard InChI is InChI=1S/C26H29ClN2O4/c1-4-33-23-12-5-20(6-13-23)18-29(26(30)28-22-10-8-21(27)9-11-22)16-15-19-7-14-24(31-2)25(17-19)32-3/h5-14,17H,4,15-16,18H2,1-3H3,(H,28,30). The summed E-state index contributed by atoms with van der Waals surface area (Å²) in [6, 6.07) is 20.4. The summed E-state index contributed by atoms with van der Waals surface area (Å²) in [5.74, 6) is 2.15. The van der Waals surface area contributed by atoms with Crippen LogP contribution >= 0.6 is 11.6 Å². The first-order chi connectivity index (χ1) is 16.0. The average Bonchev–Trinajstić information content (AvgIpc) is 2.84. The summed E-state index contributed by atoms with van der Waals surface area (Å²) in [7, 11) is 3.22. The number of benzene rings is 3. The van der Waals surface area contributed by atoms with Gasteiger partial charge in [-0.1, -0.05) is 29.8 Å². The lowest BCUT2D eigenvalue weighted by Gasteiger charge is -2.24. The van der Waals surface area contributed by atoms with Crippen molar-refractivity contribution in [1.82, 2.24) is 4.90 Å². The Kier molecular flexibility index (Phi) is 8.84. The number of halogens is 1. The molecule has 0 aliphatic carbocycles. The van der Waals surface area contributed by atoms with Gasteiger partial charge < -0.3 is 24.4 Å². The third-order valence-electron chi connectivity index (χ3n) is 5.11. The Labute approximate surface area is 200 Å². The lowest BCUT2D eigenvalue weighted by Crippen LogP contribution is -2.36. The van der Waals surface area contributed by atoms with Crippen molar-refractivity contribution in [3.05, 3.63) is 82.9 Å². The van der Waals surface area contributed by atoms with E-state index >= 15 is 0 Å². The van der Waals surface area contributed by atoms with Crippen molar-refractivity contribution >= 4 is 23.3 Å². The van der Waals surface area contributed by atoms with Gasteiger partial charge in [0.05, 0.1) is 20.8 Å². The van der Waals surface area contributed by atoms with Crippen LogP contribution in [0.2, 0.25) is 5.02 Å². The van der Waals surface area contributed by atoms with E-state index < -0.39 is 0 Å². The van der Waals surface area contributed by atoms with Crippen LogP contribution in [-0.2, 0) is 13.0 Å². The Bertz CT molecular complexity index is 1040. The summed E-state index contributed by atoms with van der Waals surface area (Å²) in [6.07, 6.45) is 0.658. The van der Waals surface area contributed by atoms with Crippen molar-refractivity contribution in [3.63, 3.8) is 0 Å². The Balaban J connectivity index is 1.75. The summed E-state index contributed by atoms with van der Waals surface area (Å²) < 4.78 is 16.2. The van der Waals surface area contributed by atoms with E-state index in [4.69, 9.17) is 25.8 Å². The van der Waals surface area contributed by atoms with Gasteiger partial charge in [0.25, 0.3) is 0 Å². The maximum Gasteiger partial charge on any atom is 0.322 e. The molecule has 0 aromatic heterocycles. The van der Waals surface area contributed by atoms with E-state index in [-0.39, 0.29) is 6.03 Å². The maximum atomic E-state index is 13.1. The number of hydrogen-bond acceptors (Lipinski definition) is 4. The molecule has 7 heteroatoms. The Morgan fingerprint density at radius 1 is 0.909 bits per heavy atom. The molecule has 0 spiro atoms. The maximum absolute atomic E-state index is 13.1. The quantitative estimate of drug-likeness (QED) is 0.394. The number of carbonyl (C=O) groups is 1. The van der Waals surface area contributed by atoms with Gasteiger partial charge in [0.2, 0.25) is 0 Å². The van der Waals surface area contributed by atoms with Crippen LogP contribution in [0.25, 0.3) is 0 Å². The second kappa shape index (κ2) is 12.0. The molecule has 3 rings (SSSR count). The summed E-state index contributed by atoms with van der Waals surface area (Å²) in [5, 5.41) is 3.58. The van der Waals surface area contributed by atoms with Crippen molar-refractivity contribution in [2.24, 2.45) is 0 Å². The second-order valence-corrected chi connectivity index (χ2v) is 7.81. The van der Waals surface area contributed by atoms with E-state index in [1.165, 1.54) is 0 Å². The molecule has 0 saturated carbocycles. The number of anilines is 1. The molecule has 1 N–H and O–H groups in total. The summed E-state index contributed by atoms with van der Waals surface area (Å²) in [6.45, 7) is 3.53. The summed E-state index contributed by atoms with van der Waals surface area (Å²) >= 11 is 5.96. The zero-order valence-electron chi connectivity index (χ0n) is 19.1. The molecular formula is C26H29ClN2O4. The lowest BCUT2D eigenvalue weighted by atomic mass is 10.1.